The van der Waals surface area contributed by atoms with Crippen LogP contribution >= 0.6 is 0 Å². The third-order valence-electron chi connectivity index (χ3n) is 1.02. The molecule has 0 aromatic rings. The number of carbonyl (C=O) groups is 1. The molecule has 0 aliphatic heterocycles. The van der Waals surface area contributed by atoms with Crippen molar-refractivity contribution in [3.63, 3.8) is 0 Å². The molecule has 0 bridgehead atoms. The summed E-state index contributed by atoms with van der Waals surface area (Å²) in [7, 11) is 0. The summed E-state index contributed by atoms with van der Waals surface area (Å²) < 4.78 is 0. The van der Waals surface area contributed by atoms with E-state index >= 15 is 0 Å². The van der Waals surface area contributed by atoms with Crippen LogP contribution in [0.15, 0.2) is 37.0 Å². The van der Waals surface area contributed by atoms with Crippen molar-refractivity contribution < 1.29 is 9.90 Å². The van der Waals surface area contributed by atoms with Crippen LogP contribution in [0.3, 0.4) is 0 Å². The normalized spacial score (nSPS) is 10.9. The first-order chi connectivity index (χ1) is 5.27. The smallest absolute Gasteiger partial charge is 0.303 e. The van der Waals surface area contributed by atoms with Gasteiger partial charge in [-0.3, -0.25) is 4.79 Å². The minimum Gasteiger partial charge on any atom is -0.481 e. The number of allylic oxidation sites excluding steroid dienone is 5. The Kier molecular flexibility index (Phi) is 5.99. The van der Waals surface area contributed by atoms with Crippen LogP contribution in [0.5, 0.6) is 0 Å². The Morgan fingerprint density at radius 2 is 2.09 bits per heavy atom. The number of carboxylic acid groups (broad SMARTS) is 1. The maximum atomic E-state index is 10.0. The molecule has 2 heteroatoms. The molecule has 0 saturated carbocycles. The van der Waals surface area contributed by atoms with E-state index in [1.807, 2.05) is 18.2 Å². The lowest BCUT2D eigenvalue weighted by molar-refractivity contribution is -0.136. The predicted molar refractivity (Wildman–Crippen MR) is 45.3 cm³/mol. The largest absolute Gasteiger partial charge is 0.481 e. The van der Waals surface area contributed by atoms with E-state index in [1.54, 1.807) is 12.2 Å². The van der Waals surface area contributed by atoms with E-state index in [-0.39, 0.29) is 6.42 Å². The Morgan fingerprint density at radius 3 is 2.64 bits per heavy atom. The molecule has 0 aliphatic rings. The first-order valence-corrected chi connectivity index (χ1v) is 3.43. The van der Waals surface area contributed by atoms with E-state index in [0.29, 0.717) is 6.42 Å². The lowest BCUT2D eigenvalue weighted by Gasteiger charge is -1.84. The van der Waals surface area contributed by atoms with Gasteiger partial charge in [-0.05, 0) is 6.42 Å². The Morgan fingerprint density at radius 1 is 1.36 bits per heavy atom. The third kappa shape index (κ3) is 8.69. The summed E-state index contributed by atoms with van der Waals surface area (Å²) >= 11 is 0. The van der Waals surface area contributed by atoms with Gasteiger partial charge in [0, 0.05) is 6.42 Å². The fourth-order valence-electron chi connectivity index (χ4n) is 0.524. The molecule has 0 aliphatic carbocycles. The molecular weight excluding hydrogens is 140 g/mol. The van der Waals surface area contributed by atoms with Crippen LogP contribution in [-0.4, -0.2) is 11.1 Å². The van der Waals surface area contributed by atoms with Crippen LogP contribution in [-0.2, 0) is 4.79 Å². The van der Waals surface area contributed by atoms with Crippen LogP contribution in [0.4, 0.5) is 0 Å². The zero-order valence-electron chi connectivity index (χ0n) is 6.36. The van der Waals surface area contributed by atoms with E-state index in [2.05, 4.69) is 6.58 Å². The Balaban J connectivity index is 3.37. The van der Waals surface area contributed by atoms with Crippen LogP contribution in [0.2, 0.25) is 0 Å². The van der Waals surface area contributed by atoms with Crippen LogP contribution in [0.1, 0.15) is 12.8 Å². The molecule has 0 atom stereocenters. The zero-order chi connectivity index (χ0) is 8.53. The first-order valence-electron chi connectivity index (χ1n) is 3.43. The highest BCUT2D eigenvalue weighted by Crippen LogP contribution is 1.90. The Bertz CT molecular complexity index is 178. The Labute approximate surface area is 66.5 Å². The average Bonchev–Trinajstić information content (AvgIpc) is 1.96. The van der Waals surface area contributed by atoms with Gasteiger partial charge in [-0.15, -0.1) is 0 Å². The molecule has 0 unspecified atom stereocenters. The lowest BCUT2D eigenvalue weighted by atomic mass is 10.3. The van der Waals surface area contributed by atoms with Crippen molar-refractivity contribution in [1.29, 1.82) is 0 Å². The highest BCUT2D eigenvalue weighted by atomic mass is 16.4. The number of hydrogen-bond acceptors (Lipinski definition) is 1. The summed E-state index contributed by atoms with van der Waals surface area (Å²) in [5.41, 5.74) is 0. The Hall–Kier alpha value is -1.31. The summed E-state index contributed by atoms with van der Waals surface area (Å²) in [6.45, 7) is 3.49. The fraction of sp³-hybridized carbons (Fsp3) is 0.222. The van der Waals surface area contributed by atoms with Gasteiger partial charge < -0.3 is 5.11 Å². The molecule has 0 rings (SSSR count). The van der Waals surface area contributed by atoms with Gasteiger partial charge in [0.2, 0.25) is 0 Å². The first kappa shape index (κ1) is 9.69. The second kappa shape index (κ2) is 6.81. The van der Waals surface area contributed by atoms with Crippen molar-refractivity contribution in [2.75, 3.05) is 0 Å². The molecule has 60 valence electrons. The van der Waals surface area contributed by atoms with Crippen molar-refractivity contribution in [3.05, 3.63) is 37.0 Å². The fourth-order valence-corrected chi connectivity index (χ4v) is 0.524. The molecule has 1 N–H and O–H groups in total. The van der Waals surface area contributed by atoms with E-state index in [1.165, 1.54) is 0 Å². The monoisotopic (exact) mass is 152 g/mol. The predicted octanol–water partition coefficient (Wildman–Crippen LogP) is 2.15. The van der Waals surface area contributed by atoms with Crippen molar-refractivity contribution in [3.8, 4) is 0 Å². The third-order valence-corrected chi connectivity index (χ3v) is 1.02. The van der Waals surface area contributed by atoms with Gasteiger partial charge >= 0.3 is 5.97 Å². The maximum Gasteiger partial charge on any atom is 0.303 e. The number of aliphatic carboxylic acids is 1. The van der Waals surface area contributed by atoms with Gasteiger partial charge in [0.1, 0.15) is 0 Å². The van der Waals surface area contributed by atoms with Gasteiger partial charge in [-0.1, -0.05) is 37.0 Å². The minimum absolute atomic E-state index is 0.193. The molecular formula is C9H12O2. The van der Waals surface area contributed by atoms with E-state index in [9.17, 15) is 4.79 Å². The summed E-state index contributed by atoms with van der Waals surface area (Å²) in [4.78, 5) is 10.0. The molecule has 2 nitrogen and oxygen atoms in total. The van der Waals surface area contributed by atoms with Crippen molar-refractivity contribution in [1.82, 2.24) is 0 Å². The number of carboxylic acids is 1. The van der Waals surface area contributed by atoms with Crippen molar-refractivity contribution in [2.45, 2.75) is 12.8 Å². The molecule has 0 fully saturated rings. The molecule has 0 saturated heterocycles. The molecule has 0 aromatic carbocycles. The quantitative estimate of drug-likeness (QED) is 0.613. The molecule has 0 aromatic heterocycles. The topological polar surface area (TPSA) is 37.3 Å². The molecule has 0 heterocycles. The van der Waals surface area contributed by atoms with Crippen molar-refractivity contribution >= 4 is 5.97 Å². The summed E-state index contributed by atoms with van der Waals surface area (Å²) in [5, 5.41) is 8.25. The SMILES string of the molecule is C=C/C=C\C=C\CCC(=O)O. The molecule has 0 radical (unpaired) electrons. The van der Waals surface area contributed by atoms with E-state index in [4.69, 9.17) is 5.11 Å². The highest BCUT2D eigenvalue weighted by molar-refractivity contribution is 5.66. The molecule has 0 spiro atoms. The van der Waals surface area contributed by atoms with Crippen LogP contribution in [0.25, 0.3) is 0 Å². The summed E-state index contributed by atoms with van der Waals surface area (Å²) in [6.07, 6.45) is 9.67. The van der Waals surface area contributed by atoms with E-state index in [0.717, 1.165) is 0 Å². The zero-order valence-corrected chi connectivity index (χ0v) is 6.36. The van der Waals surface area contributed by atoms with E-state index < -0.39 is 5.97 Å². The van der Waals surface area contributed by atoms with Gasteiger partial charge in [0.25, 0.3) is 0 Å². The highest BCUT2D eigenvalue weighted by Gasteiger charge is 1.90. The van der Waals surface area contributed by atoms with Gasteiger partial charge in [0.15, 0.2) is 0 Å². The minimum atomic E-state index is -0.762. The second-order valence-electron chi connectivity index (χ2n) is 1.98. The summed E-state index contributed by atoms with van der Waals surface area (Å²) in [5.74, 6) is -0.762. The number of rotatable bonds is 5. The lowest BCUT2D eigenvalue weighted by Crippen LogP contribution is -1.91. The van der Waals surface area contributed by atoms with Crippen LogP contribution < -0.4 is 0 Å². The van der Waals surface area contributed by atoms with Gasteiger partial charge in [-0.25, -0.2) is 0 Å². The van der Waals surface area contributed by atoms with Crippen LogP contribution in [0, 0.1) is 0 Å². The van der Waals surface area contributed by atoms with Crippen molar-refractivity contribution in [2.24, 2.45) is 0 Å². The summed E-state index contributed by atoms with van der Waals surface area (Å²) in [6, 6.07) is 0. The van der Waals surface area contributed by atoms with Gasteiger partial charge in [0.05, 0.1) is 0 Å². The standard InChI is InChI=1S/C9H12O2/c1-2-3-4-5-6-7-8-9(10)11/h2-6H,1,7-8H2,(H,10,11)/b4-3-,6-5+. The number of hydrogen-bond donors (Lipinski definition) is 1. The average molecular weight is 152 g/mol. The molecule has 0 amide bonds. The maximum absolute atomic E-state index is 10.0. The second-order valence-corrected chi connectivity index (χ2v) is 1.98. The molecule has 11 heavy (non-hydrogen) atoms. The van der Waals surface area contributed by atoms with Gasteiger partial charge in [-0.2, -0.15) is 0 Å².